The van der Waals surface area contributed by atoms with Crippen LogP contribution in [0.1, 0.15) is 10.4 Å². The molecule has 3 rings (SSSR count). The van der Waals surface area contributed by atoms with Gasteiger partial charge in [-0.15, -0.1) is 0 Å². The minimum Gasteiger partial charge on any atom is -0.497 e. The maximum atomic E-state index is 12.6. The molecule has 0 saturated heterocycles. The molecule has 3 aromatic rings. The summed E-state index contributed by atoms with van der Waals surface area (Å²) in [7, 11) is 4.53. The molecule has 0 unspecified atom stereocenters. The van der Waals surface area contributed by atoms with Crippen molar-refractivity contribution in [3.63, 3.8) is 0 Å². The van der Waals surface area contributed by atoms with E-state index in [1.54, 1.807) is 20.3 Å². The number of carbonyl (C=O) groups is 1. The van der Waals surface area contributed by atoms with Crippen LogP contribution >= 0.6 is 46.8 Å². The zero-order valence-electron chi connectivity index (χ0n) is 15.5. The Kier molecular flexibility index (Phi) is 6.63. The molecular weight excluding hydrogens is 457 g/mol. The van der Waals surface area contributed by atoms with E-state index in [0.29, 0.717) is 27.2 Å². The largest absolute Gasteiger partial charge is 0.497 e. The van der Waals surface area contributed by atoms with Crippen molar-refractivity contribution in [3.05, 3.63) is 39.9 Å². The van der Waals surface area contributed by atoms with Gasteiger partial charge in [-0.2, -0.15) is 0 Å². The Balaban J connectivity index is 1.80. The molecule has 1 amide bonds. The third-order valence-electron chi connectivity index (χ3n) is 3.79. The molecule has 152 valence electrons. The molecular formula is C18H15Cl2N3O4S2. The summed E-state index contributed by atoms with van der Waals surface area (Å²) in [5, 5.41) is 6.51. The van der Waals surface area contributed by atoms with E-state index in [0.717, 1.165) is 4.70 Å². The number of rotatable bonds is 5. The van der Waals surface area contributed by atoms with Crippen molar-refractivity contribution >= 4 is 73.1 Å². The van der Waals surface area contributed by atoms with Crippen LogP contribution in [0.5, 0.6) is 17.2 Å². The minimum atomic E-state index is -0.524. The van der Waals surface area contributed by atoms with Crippen LogP contribution in [0.25, 0.3) is 10.2 Å². The van der Waals surface area contributed by atoms with Crippen LogP contribution in [-0.4, -0.2) is 37.3 Å². The summed E-state index contributed by atoms with van der Waals surface area (Å²) in [6.45, 7) is 0. The van der Waals surface area contributed by atoms with E-state index in [1.165, 1.54) is 30.6 Å². The van der Waals surface area contributed by atoms with E-state index in [1.807, 2.05) is 6.07 Å². The molecule has 1 heterocycles. The Bertz CT molecular complexity index is 1100. The summed E-state index contributed by atoms with van der Waals surface area (Å²) in [6.07, 6.45) is 0. The summed E-state index contributed by atoms with van der Waals surface area (Å²) >= 11 is 18.6. The standard InChI is InChI=1S/C18H15Cl2N3O4S2/c1-25-9-6-12(26-2)14-13(7-9)29-18(21-14)23-17(28)22-16(24)10-4-8(19)5-11(20)15(10)27-3/h4-7H,1-3H3,(H2,21,22,23,24,28). The Morgan fingerprint density at radius 3 is 2.52 bits per heavy atom. The number of hydrogen-bond donors (Lipinski definition) is 2. The van der Waals surface area contributed by atoms with Gasteiger partial charge in [0.05, 0.1) is 36.6 Å². The number of halogens is 2. The van der Waals surface area contributed by atoms with Gasteiger partial charge in [0, 0.05) is 11.1 Å². The normalized spacial score (nSPS) is 10.5. The van der Waals surface area contributed by atoms with Crippen molar-refractivity contribution in [1.82, 2.24) is 10.3 Å². The fourth-order valence-corrected chi connectivity index (χ4v) is 4.28. The predicted molar refractivity (Wildman–Crippen MR) is 119 cm³/mol. The summed E-state index contributed by atoms with van der Waals surface area (Å²) in [5.74, 6) is 0.888. The third kappa shape index (κ3) is 4.64. The monoisotopic (exact) mass is 471 g/mol. The first-order chi connectivity index (χ1) is 13.9. The highest BCUT2D eigenvalue weighted by Gasteiger charge is 2.19. The van der Waals surface area contributed by atoms with E-state index in [9.17, 15) is 4.79 Å². The molecule has 11 heteroatoms. The Hall–Kier alpha value is -2.33. The lowest BCUT2D eigenvalue weighted by Gasteiger charge is -2.12. The second kappa shape index (κ2) is 9.00. The SMILES string of the molecule is COc1cc(OC)c2nc(NC(=S)NC(=O)c3cc(Cl)cc(Cl)c3OC)sc2c1. The molecule has 0 fully saturated rings. The van der Waals surface area contributed by atoms with Crippen molar-refractivity contribution in [1.29, 1.82) is 0 Å². The topological polar surface area (TPSA) is 81.7 Å². The summed E-state index contributed by atoms with van der Waals surface area (Å²) in [4.78, 5) is 17.1. The fraction of sp³-hybridized carbons (Fsp3) is 0.167. The van der Waals surface area contributed by atoms with Crippen LogP contribution < -0.4 is 24.8 Å². The number of fused-ring (bicyclic) bond motifs is 1. The highest BCUT2D eigenvalue weighted by molar-refractivity contribution is 7.80. The van der Waals surface area contributed by atoms with Gasteiger partial charge >= 0.3 is 0 Å². The summed E-state index contributed by atoms with van der Waals surface area (Å²) in [6, 6.07) is 6.50. The molecule has 0 radical (unpaired) electrons. The quantitative estimate of drug-likeness (QED) is 0.519. The average molecular weight is 472 g/mol. The molecule has 2 aromatic carbocycles. The van der Waals surface area contributed by atoms with Crippen molar-refractivity contribution in [3.8, 4) is 17.2 Å². The van der Waals surface area contributed by atoms with Crippen molar-refractivity contribution in [2.24, 2.45) is 0 Å². The summed E-state index contributed by atoms with van der Waals surface area (Å²) < 4.78 is 16.6. The molecule has 0 saturated carbocycles. The first-order valence-electron chi connectivity index (χ1n) is 8.04. The number of benzene rings is 2. The fourth-order valence-electron chi connectivity index (χ4n) is 2.54. The van der Waals surface area contributed by atoms with E-state index < -0.39 is 5.91 Å². The number of thiocarbonyl (C=S) groups is 1. The second-order valence-corrected chi connectivity index (χ2v) is 7.85. The molecule has 29 heavy (non-hydrogen) atoms. The van der Waals surface area contributed by atoms with E-state index >= 15 is 0 Å². The maximum absolute atomic E-state index is 12.6. The van der Waals surface area contributed by atoms with Gasteiger partial charge in [-0.3, -0.25) is 10.1 Å². The van der Waals surface area contributed by atoms with Gasteiger partial charge in [-0.05, 0) is 30.4 Å². The highest BCUT2D eigenvalue weighted by Crippen LogP contribution is 2.36. The summed E-state index contributed by atoms with van der Waals surface area (Å²) in [5.41, 5.74) is 0.808. The minimum absolute atomic E-state index is 0.0538. The van der Waals surface area contributed by atoms with Gasteiger partial charge in [-0.1, -0.05) is 34.5 Å². The number of thiazole rings is 1. The van der Waals surface area contributed by atoms with Gasteiger partial charge in [0.25, 0.3) is 5.91 Å². The Morgan fingerprint density at radius 1 is 1.10 bits per heavy atom. The van der Waals surface area contributed by atoms with Crippen LogP contribution in [-0.2, 0) is 0 Å². The third-order valence-corrected chi connectivity index (χ3v) is 5.41. The first kappa shape index (κ1) is 21.4. The lowest BCUT2D eigenvalue weighted by atomic mass is 10.2. The van der Waals surface area contributed by atoms with Crippen LogP contribution in [0.2, 0.25) is 10.0 Å². The van der Waals surface area contributed by atoms with Crippen LogP contribution in [0.4, 0.5) is 5.13 Å². The van der Waals surface area contributed by atoms with Gasteiger partial charge in [0.1, 0.15) is 22.8 Å². The van der Waals surface area contributed by atoms with Gasteiger partial charge < -0.3 is 19.5 Å². The molecule has 2 N–H and O–H groups in total. The van der Waals surface area contributed by atoms with E-state index in [2.05, 4.69) is 15.6 Å². The zero-order chi connectivity index (χ0) is 21.1. The molecule has 0 aliphatic rings. The number of nitrogens with zero attached hydrogens (tertiary/aromatic N) is 1. The Labute approximate surface area is 185 Å². The lowest BCUT2D eigenvalue weighted by Crippen LogP contribution is -2.34. The average Bonchev–Trinajstić information content (AvgIpc) is 3.08. The number of methoxy groups -OCH3 is 3. The Morgan fingerprint density at radius 2 is 1.86 bits per heavy atom. The van der Waals surface area contributed by atoms with Gasteiger partial charge in [-0.25, -0.2) is 4.98 Å². The van der Waals surface area contributed by atoms with Crippen LogP contribution in [0.15, 0.2) is 24.3 Å². The maximum Gasteiger partial charge on any atom is 0.261 e. The number of aromatic nitrogens is 1. The van der Waals surface area contributed by atoms with Crippen LogP contribution in [0.3, 0.4) is 0 Å². The molecule has 0 spiro atoms. The molecule has 0 aliphatic heterocycles. The van der Waals surface area contributed by atoms with Gasteiger partial charge in [0.15, 0.2) is 10.2 Å². The second-order valence-electron chi connectivity index (χ2n) is 5.57. The molecule has 1 aromatic heterocycles. The first-order valence-corrected chi connectivity index (χ1v) is 10.0. The number of hydrogen-bond acceptors (Lipinski definition) is 7. The number of amides is 1. The van der Waals surface area contributed by atoms with E-state index in [4.69, 9.17) is 49.6 Å². The van der Waals surface area contributed by atoms with Crippen molar-refractivity contribution < 1.29 is 19.0 Å². The number of nitrogens with one attached hydrogen (secondary N) is 2. The lowest BCUT2D eigenvalue weighted by molar-refractivity contribution is 0.0975. The van der Waals surface area contributed by atoms with Crippen LogP contribution in [0, 0.1) is 0 Å². The molecule has 7 nitrogen and oxygen atoms in total. The molecule has 0 aliphatic carbocycles. The van der Waals surface area contributed by atoms with Crippen molar-refractivity contribution in [2.75, 3.05) is 26.6 Å². The predicted octanol–water partition coefficient (Wildman–Crippen LogP) is 4.76. The number of carbonyl (C=O) groups excluding carboxylic acids is 1. The highest BCUT2D eigenvalue weighted by atomic mass is 35.5. The number of anilines is 1. The van der Waals surface area contributed by atoms with Gasteiger partial charge in [0.2, 0.25) is 0 Å². The number of ether oxygens (including phenoxy) is 3. The zero-order valence-corrected chi connectivity index (χ0v) is 18.6. The smallest absolute Gasteiger partial charge is 0.261 e. The van der Waals surface area contributed by atoms with Crippen molar-refractivity contribution in [2.45, 2.75) is 0 Å². The van der Waals surface area contributed by atoms with E-state index in [-0.39, 0.29) is 21.4 Å². The molecule has 0 bridgehead atoms. The molecule has 0 atom stereocenters.